The number of ether oxygens (including phenoxy) is 3. The molecule has 4 rings (SSSR count). The molecule has 38 heavy (non-hydrogen) atoms. The molecule has 0 unspecified atom stereocenters. The monoisotopic (exact) mass is 552 g/mol. The van der Waals surface area contributed by atoms with Crippen molar-refractivity contribution in [3.63, 3.8) is 0 Å². The van der Waals surface area contributed by atoms with Crippen LogP contribution in [-0.4, -0.2) is 37.9 Å². The van der Waals surface area contributed by atoms with Gasteiger partial charge in [-0.2, -0.15) is 0 Å². The van der Waals surface area contributed by atoms with Crippen molar-refractivity contribution in [2.75, 3.05) is 20.8 Å². The summed E-state index contributed by atoms with van der Waals surface area (Å²) < 4.78 is 15.3. The zero-order valence-electron chi connectivity index (χ0n) is 21.0. The Balaban J connectivity index is 0.000000212. The van der Waals surface area contributed by atoms with Gasteiger partial charge in [0.25, 0.3) is 0 Å². The highest BCUT2D eigenvalue weighted by molar-refractivity contribution is 6.34. The largest absolute Gasteiger partial charge is 0.497 e. The van der Waals surface area contributed by atoms with Crippen LogP contribution in [0.4, 0.5) is 0 Å². The van der Waals surface area contributed by atoms with Crippen molar-refractivity contribution in [3.05, 3.63) is 106 Å². The first kappa shape index (κ1) is 28.6. The van der Waals surface area contributed by atoms with Crippen LogP contribution in [-0.2, 0) is 4.74 Å². The summed E-state index contributed by atoms with van der Waals surface area (Å²) in [5, 5.41) is 10.1. The lowest BCUT2D eigenvalue weighted by molar-refractivity contribution is 0.0526. The summed E-state index contributed by atoms with van der Waals surface area (Å²) in [5.41, 5.74) is 3.52. The number of carbonyl (C=O) groups is 2. The Morgan fingerprint density at radius 3 is 1.55 bits per heavy atom. The lowest BCUT2D eigenvalue weighted by Gasteiger charge is -2.11. The molecule has 0 aliphatic heterocycles. The molecule has 4 aromatic carbocycles. The van der Waals surface area contributed by atoms with Crippen LogP contribution >= 0.6 is 23.2 Å². The number of rotatable bonds is 7. The SMILES string of the molecule is CCOC(=O)c1ccccc1-c1ccc(OC)cc1Cl.COc1ccc(-c2ccccc2C(=O)O)c(Cl)c1. The normalized spacial score (nSPS) is 10.1. The molecule has 0 aliphatic carbocycles. The Bertz CT molecular complexity index is 1430. The van der Waals surface area contributed by atoms with E-state index in [-0.39, 0.29) is 11.5 Å². The number of hydrogen-bond donors (Lipinski definition) is 1. The fraction of sp³-hybridized carbons (Fsp3) is 0.133. The Morgan fingerprint density at radius 2 is 1.13 bits per heavy atom. The lowest BCUT2D eigenvalue weighted by atomic mass is 9.99. The Hall–Kier alpha value is -4.00. The standard InChI is InChI=1S/C16H15ClO3.C14H11ClO3/c1-3-20-16(18)14-7-5-4-6-12(14)13-9-8-11(19-2)10-15(13)17;1-18-9-6-7-11(13(15)8-9)10-4-2-3-5-12(10)14(16)17/h4-10H,3H2,1-2H3;2-8H,1H3,(H,16,17). The highest BCUT2D eigenvalue weighted by atomic mass is 35.5. The van der Waals surface area contributed by atoms with Gasteiger partial charge in [0.2, 0.25) is 0 Å². The van der Waals surface area contributed by atoms with Crippen molar-refractivity contribution >= 4 is 35.1 Å². The Labute approximate surface area is 231 Å². The van der Waals surface area contributed by atoms with E-state index < -0.39 is 5.97 Å². The summed E-state index contributed by atoms with van der Waals surface area (Å²) in [7, 11) is 3.13. The smallest absolute Gasteiger partial charge is 0.338 e. The summed E-state index contributed by atoms with van der Waals surface area (Å²) in [4.78, 5) is 23.1. The van der Waals surface area contributed by atoms with E-state index in [1.165, 1.54) is 0 Å². The first-order valence-electron chi connectivity index (χ1n) is 11.6. The summed E-state index contributed by atoms with van der Waals surface area (Å²) >= 11 is 12.4. The summed E-state index contributed by atoms with van der Waals surface area (Å²) in [6.45, 7) is 2.12. The van der Waals surface area contributed by atoms with Crippen LogP contribution in [0.1, 0.15) is 27.6 Å². The molecule has 0 aromatic heterocycles. The van der Waals surface area contributed by atoms with Gasteiger partial charge in [-0.15, -0.1) is 0 Å². The number of carbonyl (C=O) groups excluding carboxylic acids is 1. The molecule has 1 N–H and O–H groups in total. The first-order chi connectivity index (χ1) is 18.3. The molecule has 0 saturated heterocycles. The van der Waals surface area contributed by atoms with Crippen LogP contribution in [0.5, 0.6) is 11.5 Å². The first-order valence-corrected chi connectivity index (χ1v) is 12.3. The Kier molecular flexibility index (Phi) is 10.2. The van der Waals surface area contributed by atoms with Gasteiger partial charge in [0.15, 0.2) is 0 Å². The number of methoxy groups -OCH3 is 2. The quantitative estimate of drug-likeness (QED) is 0.234. The zero-order valence-corrected chi connectivity index (χ0v) is 22.5. The average molecular weight is 553 g/mol. The second kappa shape index (κ2) is 13.5. The minimum Gasteiger partial charge on any atom is -0.497 e. The molecule has 0 atom stereocenters. The maximum atomic E-state index is 12.0. The van der Waals surface area contributed by atoms with Gasteiger partial charge in [-0.05, 0) is 66.6 Å². The lowest BCUT2D eigenvalue weighted by Crippen LogP contribution is -2.06. The molecule has 0 saturated carbocycles. The molecular weight excluding hydrogens is 527 g/mol. The van der Waals surface area contributed by atoms with Gasteiger partial charge in [0, 0.05) is 11.1 Å². The van der Waals surface area contributed by atoms with Crippen LogP contribution in [0, 0.1) is 0 Å². The predicted molar refractivity (Wildman–Crippen MR) is 150 cm³/mol. The number of halogens is 2. The van der Waals surface area contributed by atoms with Crippen molar-refractivity contribution in [2.24, 2.45) is 0 Å². The van der Waals surface area contributed by atoms with Crippen LogP contribution < -0.4 is 9.47 Å². The molecule has 0 radical (unpaired) electrons. The average Bonchev–Trinajstić information content (AvgIpc) is 2.93. The maximum Gasteiger partial charge on any atom is 0.338 e. The van der Waals surface area contributed by atoms with Crippen molar-refractivity contribution in [1.82, 2.24) is 0 Å². The number of hydrogen-bond acceptors (Lipinski definition) is 5. The molecular formula is C30H26Cl2O6. The van der Waals surface area contributed by atoms with Gasteiger partial charge in [-0.3, -0.25) is 0 Å². The van der Waals surface area contributed by atoms with Crippen molar-refractivity contribution in [3.8, 4) is 33.8 Å². The third-order valence-electron chi connectivity index (χ3n) is 5.51. The summed E-state index contributed by atoms with van der Waals surface area (Å²) in [5.74, 6) is -0.0172. The number of aromatic carboxylic acids is 1. The molecule has 0 heterocycles. The van der Waals surface area contributed by atoms with E-state index in [1.54, 1.807) is 81.8 Å². The summed E-state index contributed by atoms with van der Waals surface area (Å²) in [6, 6.07) is 24.5. The second-order valence-corrected chi connectivity index (χ2v) is 8.62. The van der Waals surface area contributed by atoms with Crippen LogP contribution in [0.15, 0.2) is 84.9 Å². The molecule has 196 valence electrons. The third-order valence-corrected chi connectivity index (χ3v) is 6.14. The van der Waals surface area contributed by atoms with Gasteiger partial charge < -0.3 is 19.3 Å². The van der Waals surface area contributed by atoms with E-state index in [1.807, 2.05) is 24.3 Å². The van der Waals surface area contributed by atoms with Crippen molar-refractivity contribution in [1.29, 1.82) is 0 Å². The number of carboxylic acids is 1. The van der Waals surface area contributed by atoms with Gasteiger partial charge >= 0.3 is 11.9 Å². The number of carboxylic acid groups (broad SMARTS) is 1. The molecule has 0 spiro atoms. The van der Waals surface area contributed by atoms with E-state index >= 15 is 0 Å². The molecule has 0 amide bonds. The highest BCUT2D eigenvalue weighted by Crippen LogP contribution is 2.34. The minimum atomic E-state index is -0.975. The van der Waals surface area contributed by atoms with Gasteiger partial charge in [-0.25, -0.2) is 9.59 Å². The summed E-state index contributed by atoms with van der Waals surface area (Å²) in [6.07, 6.45) is 0. The van der Waals surface area contributed by atoms with Crippen LogP contribution in [0.3, 0.4) is 0 Å². The van der Waals surface area contributed by atoms with E-state index in [4.69, 9.17) is 42.5 Å². The van der Waals surface area contributed by atoms with Crippen molar-refractivity contribution < 1.29 is 28.9 Å². The van der Waals surface area contributed by atoms with E-state index in [9.17, 15) is 9.59 Å². The van der Waals surface area contributed by atoms with E-state index in [0.29, 0.717) is 44.8 Å². The third kappa shape index (κ3) is 6.85. The number of benzene rings is 4. The molecule has 0 fully saturated rings. The zero-order chi connectivity index (χ0) is 27.7. The van der Waals surface area contributed by atoms with Gasteiger partial charge in [0.1, 0.15) is 11.5 Å². The molecule has 6 nitrogen and oxygen atoms in total. The maximum absolute atomic E-state index is 12.0. The second-order valence-electron chi connectivity index (χ2n) is 7.81. The van der Waals surface area contributed by atoms with Gasteiger partial charge in [-0.1, -0.05) is 59.6 Å². The van der Waals surface area contributed by atoms with Gasteiger partial charge in [0.05, 0.1) is 42.0 Å². The minimum absolute atomic E-state index is 0.226. The molecule has 4 aromatic rings. The topological polar surface area (TPSA) is 82.1 Å². The van der Waals surface area contributed by atoms with E-state index in [2.05, 4.69) is 0 Å². The van der Waals surface area contributed by atoms with E-state index in [0.717, 1.165) is 11.1 Å². The highest BCUT2D eigenvalue weighted by Gasteiger charge is 2.16. The van der Waals surface area contributed by atoms with Crippen LogP contribution in [0.25, 0.3) is 22.3 Å². The number of esters is 1. The Morgan fingerprint density at radius 1 is 0.684 bits per heavy atom. The molecule has 0 aliphatic rings. The fourth-order valence-corrected chi connectivity index (χ4v) is 4.24. The predicted octanol–water partition coefficient (Wildman–Crippen LogP) is 7.91. The molecule has 0 bridgehead atoms. The van der Waals surface area contributed by atoms with Crippen LogP contribution in [0.2, 0.25) is 10.0 Å². The molecule has 8 heteroatoms. The van der Waals surface area contributed by atoms with Crippen molar-refractivity contribution in [2.45, 2.75) is 6.92 Å². The fourth-order valence-electron chi connectivity index (χ4n) is 3.69.